The molecule has 2 nitrogen and oxygen atoms in total. The smallest absolute Gasteiger partial charge is 0.0600 e. The van der Waals surface area contributed by atoms with Crippen LogP contribution in [0.15, 0.2) is 0 Å². The lowest BCUT2D eigenvalue weighted by atomic mass is 9.83. The number of hydrogen-bond donors (Lipinski definition) is 1. The van der Waals surface area contributed by atoms with Crippen molar-refractivity contribution in [2.24, 2.45) is 5.92 Å². The fourth-order valence-corrected chi connectivity index (χ4v) is 3.90. The first-order valence-electron chi connectivity index (χ1n) is 6.94. The number of fused-ring (bicyclic) bond motifs is 1. The predicted octanol–water partition coefficient (Wildman–Crippen LogP) is 2.35. The number of nitrogens with zero attached hydrogens (tertiary/aromatic N) is 1. The molecule has 0 amide bonds. The maximum Gasteiger partial charge on any atom is 0.0600 e. The zero-order valence-electron chi connectivity index (χ0n) is 9.75. The van der Waals surface area contributed by atoms with Gasteiger partial charge in [-0.1, -0.05) is 19.3 Å². The van der Waals surface area contributed by atoms with Gasteiger partial charge < -0.3 is 5.32 Å². The number of piperidine rings is 1. The van der Waals surface area contributed by atoms with E-state index in [1.807, 2.05) is 0 Å². The second kappa shape index (κ2) is 4.42. The summed E-state index contributed by atoms with van der Waals surface area (Å²) >= 11 is 0. The molecule has 0 bridgehead atoms. The molecule has 86 valence electrons. The van der Waals surface area contributed by atoms with Crippen molar-refractivity contribution in [1.29, 1.82) is 0 Å². The molecule has 1 aliphatic carbocycles. The molecule has 2 atom stereocenters. The Morgan fingerprint density at radius 1 is 0.867 bits per heavy atom. The van der Waals surface area contributed by atoms with Crippen LogP contribution in [-0.2, 0) is 0 Å². The molecule has 0 radical (unpaired) electrons. The highest BCUT2D eigenvalue weighted by Crippen LogP contribution is 2.33. The highest BCUT2D eigenvalue weighted by atomic mass is 15.4. The summed E-state index contributed by atoms with van der Waals surface area (Å²) < 4.78 is 0. The van der Waals surface area contributed by atoms with Crippen LogP contribution < -0.4 is 5.32 Å². The van der Waals surface area contributed by atoms with E-state index in [4.69, 9.17) is 0 Å². The highest BCUT2D eigenvalue weighted by Gasteiger charge is 2.38. The van der Waals surface area contributed by atoms with Gasteiger partial charge in [-0.3, -0.25) is 4.90 Å². The molecular formula is C13H24N2. The molecule has 2 aliphatic heterocycles. The van der Waals surface area contributed by atoms with E-state index in [9.17, 15) is 0 Å². The van der Waals surface area contributed by atoms with Crippen LogP contribution in [0.1, 0.15) is 51.4 Å². The molecule has 3 rings (SSSR count). The molecule has 15 heavy (non-hydrogen) atoms. The second-order valence-electron chi connectivity index (χ2n) is 5.62. The summed E-state index contributed by atoms with van der Waals surface area (Å²) in [5.74, 6) is 1.01. The second-order valence-corrected chi connectivity index (χ2v) is 5.62. The molecule has 2 heteroatoms. The van der Waals surface area contributed by atoms with Crippen LogP contribution >= 0.6 is 0 Å². The summed E-state index contributed by atoms with van der Waals surface area (Å²) in [5.41, 5.74) is 0. The third-order valence-corrected chi connectivity index (χ3v) is 4.73. The molecular weight excluding hydrogens is 184 g/mol. The molecule has 1 saturated carbocycles. The van der Waals surface area contributed by atoms with Crippen LogP contribution in [0.3, 0.4) is 0 Å². The SMILES string of the molecule is C1CCC(C2CNC3CCCCN32)CC1. The van der Waals surface area contributed by atoms with Crippen LogP contribution in [0.2, 0.25) is 0 Å². The zero-order valence-corrected chi connectivity index (χ0v) is 9.75. The maximum atomic E-state index is 3.73. The van der Waals surface area contributed by atoms with Crippen LogP contribution in [0.25, 0.3) is 0 Å². The fraction of sp³-hybridized carbons (Fsp3) is 1.00. The van der Waals surface area contributed by atoms with E-state index in [0.29, 0.717) is 0 Å². The van der Waals surface area contributed by atoms with Gasteiger partial charge in [0.15, 0.2) is 0 Å². The van der Waals surface area contributed by atoms with E-state index in [-0.39, 0.29) is 0 Å². The van der Waals surface area contributed by atoms with E-state index >= 15 is 0 Å². The lowest BCUT2D eigenvalue weighted by molar-refractivity contribution is 0.0974. The normalized spacial score (nSPS) is 39.2. The number of nitrogens with one attached hydrogen (secondary N) is 1. The van der Waals surface area contributed by atoms with E-state index < -0.39 is 0 Å². The first kappa shape index (κ1) is 10.1. The van der Waals surface area contributed by atoms with Crippen molar-refractivity contribution in [1.82, 2.24) is 10.2 Å². The number of hydrogen-bond acceptors (Lipinski definition) is 2. The quantitative estimate of drug-likeness (QED) is 0.711. The van der Waals surface area contributed by atoms with E-state index in [2.05, 4.69) is 10.2 Å². The maximum absolute atomic E-state index is 3.73. The molecule has 1 N–H and O–H groups in total. The Hall–Kier alpha value is -0.0800. The van der Waals surface area contributed by atoms with Gasteiger partial charge in [-0.05, 0) is 44.6 Å². The fourth-order valence-electron chi connectivity index (χ4n) is 3.90. The summed E-state index contributed by atoms with van der Waals surface area (Å²) in [6.07, 6.45) is 12.5. The van der Waals surface area contributed by atoms with Gasteiger partial charge in [-0.25, -0.2) is 0 Å². The average Bonchev–Trinajstić information content (AvgIpc) is 2.74. The molecule has 2 unspecified atom stereocenters. The van der Waals surface area contributed by atoms with Crippen LogP contribution in [0.4, 0.5) is 0 Å². The van der Waals surface area contributed by atoms with Crippen molar-refractivity contribution in [3.63, 3.8) is 0 Å². The Labute approximate surface area is 93.4 Å². The van der Waals surface area contributed by atoms with Gasteiger partial charge in [0.05, 0.1) is 6.17 Å². The highest BCUT2D eigenvalue weighted by molar-refractivity contribution is 4.93. The summed E-state index contributed by atoms with van der Waals surface area (Å²) in [6, 6.07) is 0.885. The third kappa shape index (κ3) is 1.94. The minimum absolute atomic E-state index is 0.741. The molecule has 2 saturated heterocycles. The van der Waals surface area contributed by atoms with Crippen LogP contribution in [0, 0.1) is 5.92 Å². The summed E-state index contributed by atoms with van der Waals surface area (Å²) in [5, 5.41) is 3.73. The minimum Gasteiger partial charge on any atom is -0.300 e. The molecule has 0 aromatic rings. The summed E-state index contributed by atoms with van der Waals surface area (Å²) in [6.45, 7) is 2.63. The summed E-state index contributed by atoms with van der Waals surface area (Å²) in [4.78, 5) is 2.79. The lowest BCUT2D eigenvalue weighted by Gasteiger charge is -2.38. The molecule has 0 aromatic heterocycles. The average molecular weight is 208 g/mol. The molecule has 3 fully saturated rings. The van der Waals surface area contributed by atoms with Gasteiger partial charge in [0.2, 0.25) is 0 Å². The van der Waals surface area contributed by atoms with Crippen molar-refractivity contribution in [3.8, 4) is 0 Å². The number of rotatable bonds is 1. The largest absolute Gasteiger partial charge is 0.300 e. The van der Waals surface area contributed by atoms with Gasteiger partial charge in [-0.2, -0.15) is 0 Å². The molecule has 2 heterocycles. The Morgan fingerprint density at radius 3 is 2.53 bits per heavy atom. The Balaban J connectivity index is 1.65. The van der Waals surface area contributed by atoms with Crippen LogP contribution in [0.5, 0.6) is 0 Å². The van der Waals surface area contributed by atoms with Crippen molar-refractivity contribution in [2.75, 3.05) is 13.1 Å². The zero-order chi connectivity index (χ0) is 10.1. The van der Waals surface area contributed by atoms with Crippen LogP contribution in [-0.4, -0.2) is 30.2 Å². The molecule has 3 aliphatic rings. The monoisotopic (exact) mass is 208 g/mol. The van der Waals surface area contributed by atoms with Gasteiger partial charge in [0, 0.05) is 12.6 Å². The van der Waals surface area contributed by atoms with Gasteiger partial charge in [0.25, 0.3) is 0 Å². The Bertz CT molecular complexity index is 211. The Kier molecular flexibility index (Phi) is 2.98. The molecule has 0 aromatic carbocycles. The third-order valence-electron chi connectivity index (χ3n) is 4.73. The van der Waals surface area contributed by atoms with Gasteiger partial charge in [-0.15, -0.1) is 0 Å². The molecule has 0 spiro atoms. The van der Waals surface area contributed by atoms with Gasteiger partial charge >= 0.3 is 0 Å². The van der Waals surface area contributed by atoms with E-state index in [1.54, 1.807) is 0 Å². The van der Waals surface area contributed by atoms with E-state index in [0.717, 1.165) is 18.1 Å². The summed E-state index contributed by atoms with van der Waals surface area (Å²) in [7, 11) is 0. The Morgan fingerprint density at radius 2 is 1.67 bits per heavy atom. The topological polar surface area (TPSA) is 15.3 Å². The standard InChI is InChI=1S/C13H24N2/c1-2-6-11(7-3-1)12-10-14-13-8-4-5-9-15(12)13/h11-14H,1-10H2. The van der Waals surface area contributed by atoms with Crippen molar-refractivity contribution >= 4 is 0 Å². The minimum atomic E-state index is 0.741. The van der Waals surface area contributed by atoms with Crippen molar-refractivity contribution < 1.29 is 0 Å². The first-order chi connectivity index (χ1) is 7.45. The lowest BCUT2D eigenvalue weighted by Crippen LogP contribution is -2.45. The first-order valence-corrected chi connectivity index (χ1v) is 6.94. The van der Waals surface area contributed by atoms with E-state index in [1.165, 1.54) is 64.5 Å². The van der Waals surface area contributed by atoms with Crippen molar-refractivity contribution in [3.05, 3.63) is 0 Å². The van der Waals surface area contributed by atoms with Gasteiger partial charge in [0.1, 0.15) is 0 Å². The van der Waals surface area contributed by atoms with Crippen molar-refractivity contribution in [2.45, 2.75) is 63.6 Å². The predicted molar refractivity (Wildman–Crippen MR) is 62.7 cm³/mol.